The highest BCUT2D eigenvalue weighted by molar-refractivity contribution is 5.96. The molecule has 8 nitrogen and oxygen atoms in total. The minimum Gasteiger partial charge on any atom is -0.481 e. The van der Waals surface area contributed by atoms with Crippen molar-refractivity contribution in [1.29, 1.82) is 0 Å². The molecule has 27 heavy (non-hydrogen) atoms. The topological polar surface area (TPSA) is 116 Å². The Kier molecular flexibility index (Phi) is 7.21. The molecule has 2 saturated heterocycles. The van der Waals surface area contributed by atoms with Crippen LogP contribution in [-0.2, 0) is 19.2 Å². The zero-order chi connectivity index (χ0) is 20.1. The number of carboxylic acid groups (broad SMARTS) is 1. The SMILES string of the molecule is CCCC(C(=O)O)C(CC(C)C)C(=O)NC1CNC(=O)C2CCCN2C1=O. The summed E-state index contributed by atoms with van der Waals surface area (Å²) < 4.78 is 0. The van der Waals surface area contributed by atoms with E-state index in [1.165, 1.54) is 4.90 Å². The van der Waals surface area contributed by atoms with E-state index in [2.05, 4.69) is 10.6 Å². The van der Waals surface area contributed by atoms with Crippen LogP contribution in [0.2, 0.25) is 0 Å². The van der Waals surface area contributed by atoms with Crippen LogP contribution in [0, 0.1) is 17.8 Å². The van der Waals surface area contributed by atoms with Crippen LogP contribution in [0.4, 0.5) is 0 Å². The van der Waals surface area contributed by atoms with Crippen molar-refractivity contribution in [3.8, 4) is 0 Å². The summed E-state index contributed by atoms with van der Waals surface area (Å²) in [7, 11) is 0. The second-order valence-electron chi connectivity index (χ2n) is 7.97. The summed E-state index contributed by atoms with van der Waals surface area (Å²) in [6.07, 6.45) is 2.89. The molecule has 3 N–H and O–H groups in total. The molecule has 2 aliphatic rings. The maximum absolute atomic E-state index is 12.9. The van der Waals surface area contributed by atoms with E-state index in [1.54, 1.807) is 0 Å². The predicted molar refractivity (Wildman–Crippen MR) is 98.7 cm³/mol. The van der Waals surface area contributed by atoms with E-state index < -0.39 is 35.8 Å². The summed E-state index contributed by atoms with van der Waals surface area (Å²) in [5.74, 6) is -3.21. The minimum atomic E-state index is -0.988. The van der Waals surface area contributed by atoms with Gasteiger partial charge in [-0.3, -0.25) is 19.2 Å². The lowest BCUT2D eigenvalue weighted by molar-refractivity contribution is -0.148. The molecular weight excluding hydrogens is 350 g/mol. The zero-order valence-corrected chi connectivity index (χ0v) is 16.4. The third-order valence-corrected chi connectivity index (χ3v) is 5.40. The highest BCUT2D eigenvalue weighted by Crippen LogP contribution is 2.26. The largest absolute Gasteiger partial charge is 0.481 e. The molecule has 0 spiro atoms. The third-order valence-electron chi connectivity index (χ3n) is 5.40. The van der Waals surface area contributed by atoms with Crippen LogP contribution in [-0.4, -0.2) is 58.9 Å². The van der Waals surface area contributed by atoms with Gasteiger partial charge in [0.1, 0.15) is 12.1 Å². The quantitative estimate of drug-likeness (QED) is 0.574. The molecule has 0 aliphatic carbocycles. The molecule has 4 unspecified atom stereocenters. The Morgan fingerprint density at radius 2 is 2.00 bits per heavy atom. The number of nitrogens with zero attached hydrogens (tertiary/aromatic N) is 1. The van der Waals surface area contributed by atoms with Gasteiger partial charge in [-0.05, 0) is 31.6 Å². The van der Waals surface area contributed by atoms with E-state index in [0.717, 1.165) is 6.42 Å². The Labute approximate surface area is 160 Å². The first kappa shape index (κ1) is 21.2. The number of aliphatic carboxylic acids is 1. The van der Waals surface area contributed by atoms with Crippen LogP contribution in [0.3, 0.4) is 0 Å². The molecular formula is C19H31N3O5. The molecule has 0 saturated carbocycles. The molecule has 2 fully saturated rings. The average molecular weight is 381 g/mol. The number of hydrogen-bond acceptors (Lipinski definition) is 4. The molecule has 2 heterocycles. The highest BCUT2D eigenvalue weighted by atomic mass is 16.4. The summed E-state index contributed by atoms with van der Waals surface area (Å²) >= 11 is 0. The van der Waals surface area contributed by atoms with Gasteiger partial charge >= 0.3 is 5.97 Å². The normalized spacial score (nSPS) is 24.8. The molecule has 152 valence electrons. The minimum absolute atomic E-state index is 0.0380. The molecule has 0 aromatic rings. The maximum atomic E-state index is 12.9. The van der Waals surface area contributed by atoms with Gasteiger partial charge in [-0.15, -0.1) is 0 Å². The van der Waals surface area contributed by atoms with Gasteiger partial charge in [-0.25, -0.2) is 0 Å². The molecule has 0 radical (unpaired) electrons. The summed E-state index contributed by atoms with van der Waals surface area (Å²) in [4.78, 5) is 51.1. The van der Waals surface area contributed by atoms with Gasteiger partial charge in [0, 0.05) is 13.1 Å². The van der Waals surface area contributed by atoms with E-state index in [9.17, 15) is 24.3 Å². The summed E-state index contributed by atoms with van der Waals surface area (Å²) in [5, 5.41) is 15.0. The van der Waals surface area contributed by atoms with Gasteiger partial charge in [-0.1, -0.05) is 27.2 Å². The predicted octanol–water partition coefficient (Wildman–Crippen LogP) is 0.755. The Morgan fingerprint density at radius 1 is 1.30 bits per heavy atom. The summed E-state index contributed by atoms with van der Waals surface area (Å²) in [6, 6.07) is -1.31. The van der Waals surface area contributed by atoms with Crippen molar-refractivity contribution in [2.24, 2.45) is 17.8 Å². The molecule has 2 aliphatic heterocycles. The number of fused-ring (bicyclic) bond motifs is 1. The number of carbonyl (C=O) groups is 4. The van der Waals surface area contributed by atoms with Crippen molar-refractivity contribution in [2.75, 3.05) is 13.1 Å². The van der Waals surface area contributed by atoms with E-state index in [0.29, 0.717) is 32.2 Å². The van der Waals surface area contributed by atoms with Crippen LogP contribution in [0.1, 0.15) is 52.9 Å². The summed E-state index contributed by atoms with van der Waals surface area (Å²) in [5.41, 5.74) is 0. The Morgan fingerprint density at radius 3 is 2.59 bits per heavy atom. The van der Waals surface area contributed by atoms with Crippen molar-refractivity contribution in [3.05, 3.63) is 0 Å². The Hall–Kier alpha value is -2.12. The second kappa shape index (κ2) is 9.19. The monoisotopic (exact) mass is 381 g/mol. The lowest BCUT2D eigenvalue weighted by atomic mass is 9.82. The van der Waals surface area contributed by atoms with Crippen LogP contribution in [0.15, 0.2) is 0 Å². The maximum Gasteiger partial charge on any atom is 0.307 e. The number of carbonyl (C=O) groups excluding carboxylic acids is 3. The first-order chi connectivity index (χ1) is 12.8. The molecule has 0 bridgehead atoms. The fraction of sp³-hybridized carbons (Fsp3) is 0.789. The lowest BCUT2D eigenvalue weighted by Gasteiger charge is -2.28. The van der Waals surface area contributed by atoms with Crippen molar-refractivity contribution in [1.82, 2.24) is 15.5 Å². The fourth-order valence-corrected chi connectivity index (χ4v) is 4.07. The third kappa shape index (κ3) is 4.99. The van der Waals surface area contributed by atoms with Gasteiger partial charge in [0.25, 0.3) is 0 Å². The van der Waals surface area contributed by atoms with Crippen LogP contribution >= 0.6 is 0 Å². The molecule has 4 atom stereocenters. The van der Waals surface area contributed by atoms with Crippen LogP contribution < -0.4 is 10.6 Å². The number of carboxylic acids is 1. The molecule has 0 aromatic heterocycles. The van der Waals surface area contributed by atoms with Gasteiger partial charge < -0.3 is 20.6 Å². The molecule has 3 amide bonds. The van der Waals surface area contributed by atoms with Gasteiger partial charge in [0.2, 0.25) is 17.7 Å². The van der Waals surface area contributed by atoms with Gasteiger partial charge in [-0.2, -0.15) is 0 Å². The van der Waals surface area contributed by atoms with E-state index in [1.807, 2.05) is 20.8 Å². The van der Waals surface area contributed by atoms with Crippen LogP contribution in [0.25, 0.3) is 0 Å². The second-order valence-corrected chi connectivity index (χ2v) is 7.97. The van der Waals surface area contributed by atoms with Crippen molar-refractivity contribution >= 4 is 23.7 Å². The number of hydrogen-bond donors (Lipinski definition) is 3. The van der Waals surface area contributed by atoms with E-state index in [-0.39, 0.29) is 24.3 Å². The first-order valence-electron chi connectivity index (χ1n) is 9.87. The standard InChI is InChI=1S/C19H31N3O5/c1-4-6-12(19(26)27)13(9-11(2)3)16(23)21-14-10-20-17(24)15-7-5-8-22(15)18(14)25/h11-15H,4-10H2,1-3H3,(H,20,24)(H,21,23)(H,26,27). The van der Waals surface area contributed by atoms with Crippen molar-refractivity contribution < 1.29 is 24.3 Å². The number of amides is 3. The van der Waals surface area contributed by atoms with Gasteiger partial charge in [0.05, 0.1) is 11.8 Å². The Balaban J connectivity index is 2.16. The number of rotatable bonds is 8. The Bertz CT molecular complexity index is 592. The summed E-state index contributed by atoms with van der Waals surface area (Å²) in [6.45, 7) is 6.31. The van der Waals surface area contributed by atoms with E-state index in [4.69, 9.17) is 0 Å². The molecule has 8 heteroatoms. The highest BCUT2D eigenvalue weighted by Gasteiger charge is 2.42. The average Bonchev–Trinajstić information content (AvgIpc) is 3.06. The van der Waals surface area contributed by atoms with Crippen molar-refractivity contribution in [3.63, 3.8) is 0 Å². The number of nitrogens with one attached hydrogen (secondary N) is 2. The fourth-order valence-electron chi connectivity index (χ4n) is 4.07. The van der Waals surface area contributed by atoms with Crippen molar-refractivity contribution in [2.45, 2.75) is 65.0 Å². The first-order valence-corrected chi connectivity index (χ1v) is 9.87. The van der Waals surface area contributed by atoms with Gasteiger partial charge in [0.15, 0.2) is 0 Å². The molecule has 0 aromatic carbocycles. The van der Waals surface area contributed by atoms with Crippen LogP contribution in [0.5, 0.6) is 0 Å². The smallest absolute Gasteiger partial charge is 0.307 e. The van der Waals surface area contributed by atoms with E-state index >= 15 is 0 Å². The lowest BCUT2D eigenvalue weighted by Crippen LogP contribution is -2.53. The molecule has 2 rings (SSSR count). The zero-order valence-electron chi connectivity index (χ0n) is 16.4.